The largest absolute Gasteiger partial charge is 0.198 e. The number of hydrogen-bond donors (Lipinski definition) is 0. The van der Waals surface area contributed by atoms with Crippen LogP contribution in [0.5, 0.6) is 0 Å². The molecule has 0 aromatic carbocycles. The zero-order chi connectivity index (χ0) is 7.68. The molecule has 1 aromatic heterocycles. The van der Waals surface area contributed by atoms with Crippen LogP contribution in [0.4, 0.5) is 0 Å². The van der Waals surface area contributed by atoms with Gasteiger partial charge in [-0.15, -0.1) is 0 Å². The molecular formula is C7H8N4. The third-order valence-corrected chi connectivity index (χ3v) is 2.06. The van der Waals surface area contributed by atoms with Crippen LogP contribution in [0.15, 0.2) is 12.4 Å². The molecule has 11 heavy (non-hydrogen) atoms. The second-order valence-corrected chi connectivity index (χ2v) is 2.80. The van der Waals surface area contributed by atoms with Crippen LogP contribution < -0.4 is 0 Å². The first-order valence-corrected chi connectivity index (χ1v) is 3.65. The Morgan fingerprint density at radius 3 is 2.55 bits per heavy atom. The smallest absolute Gasteiger partial charge is 0.0741 e. The van der Waals surface area contributed by atoms with Crippen LogP contribution >= 0.6 is 0 Å². The molecule has 1 saturated carbocycles. The van der Waals surface area contributed by atoms with Gasteiger partial charge in [0.15, 0.2) is 0 Å². The molecule has 0 aliphatic heterocycles. The Morgan fingerprint density at radius 2 is 2.00 bits per heavy atom. The lowest BCUT2D eigenvalue weighted by molar-refractivity contribution is 0.209. The molecule has 0 N–H and O–H groups in total. The summed E-state index contributed by atoms with van der Waals surface area (Å²) in [4.78, 5) is 1.69. The molecule has 0 unspecified atom stereocenters. The van der Waals surface area contributed by atoms with E-state index >= 15 is 0 Å². The van der Waals surface area contributed by atoms with Crippen LogP contribution in [0.3, 0.4) is 0 Å². The molecule has 1 aliphatic rings. The standard InChI is InChI=1S/C7H8N4/c8-5-6-3-7(4-6)11-9-1-2-10-11/h1-2,6-7H,3-4H2/t6-,7+. The molecule has 56 valence electrons. The van der Waals surface area contributed by atoms with Gasteiger partial charge in [0.1, 0.15) is 0 Å². The topological polar surface area (TPSA) is 54.5 Å². The third kappa shape index (κ3) is 0.984. The van der Waals surface area contributed by atoms with Crippen molar-refractivity contribution in [2.24, 2.45) is 5.92 Å². The quantitative estimate of drug-likeness (QED) is 0.590. The highest BCUT2D eigenvalue weighted by Crippen LogP contribution is 2.35. The minimum atomic E-state index is 0.228. The van der Waals surface area contributed by atoms with Crippen molar-refractivity contribution < 1.29 is 0 Å². The van der Waals surface area contributed by atoms with E-state index in [1.165, 1.54) is 0 Å². The van der Waals surface area contributed by atoms with E-state index in [0.29, 0.717) is 6.04 Å². The highest BCUT2D eigenvalue weighted by atomic mass is 15.5. The first-order valence-electron chi connectivity index (χ1n) is 3.65. The van der Waals surface area contributed by atoms with Gasteiger partial charge in [-0.05, 0) is 12.8 Å². The number of hydrogen-bond acceptors (Lipinski definition) is 3. The average molecular weight is 148 g/mol. The Balaban J connectivity index is 1.99. The van der Waals surface area contributed by atoms with Gasteiger partial charge in [0, 0.05) is 0 Å². The molecule has 0 radical (unpaired) electrons. The predicted octanol–water partition coefficient (Wildman–Crippen LogP) is 0.753. The summed E-state index contributed by atoms with van der Waals surface area (Å²) in [6.07, 6.45) is 5.15. The van der Waals surface area contributed by atoms with E-state index < -0.39 is 0 Å². The van der Waals surface area contributed by atoms with Gasteiger partial charge in [0.25, 0.3) is 0 Å². The molecule has 0 bridgehead atoms. The molecule has 4 nitrogen and oxygen atoms in total. The van der Waals surface area contributed by atoms with Crippen LogP contribution in [-0.2, 0) is 0 Å². The lowest BCUT2D eigenvalue weighted by atomic mass is 9.82. The fraction of sp³-hybridized carbons (Fsp3) is 0.571. The summed E-state index contributed by atoms with van der Waals surface area (Å²) in [6.45, 7) is 0. The summed E-state index contributed by atoms with van der Waals surface area (Å²) in [5, 5.41) is 16.5. The zero-order valence-corrected chi connectivity index (χ0v) is 6.01. The summed E-state index contributed by atoms with van der Waals surface area (Å²) >= 11 is 0. The summed E-state index contributed by atoms with van der Waals surface area (Å²) in [6, 6.07) is 2.59. The Hall–Kier alpha value is -1.37. The zero-order valence-electron chi connectivity index (χ0n) is 6.01. The lowest BCUT2D eigenvalue weighted by Gasteiger charge is -2.29. The Kier molecular flexibility index (Phi) is 1.35. The maximum atomic E-state index is 8.50. The molecule has 1 aromatic rings. The van der Waals surface area contributed by atoms with Crippen LogP contribution in [0.2, 0.25) is 0 Å². The minimum absolute atomic E-state index is 0.228. The van der Waals surface area contributed by atoms with Crippen molar-refractivity contribution >= 4 is 0 Å². The molecule has 0 saturated heterocycles. The molecule has 4 heteroatoms. The van der Waals surface area contributed by atoms with E-state index in [-0.39, 0.29) is 5.92 Å². The Labute approximate surface area is 64.4 Å². The van der Waals surface area contributed by atoms with Gasteiger partial charge in [-0.1, -0.05) is 0 Å². The van der Waals surface area contributed by atoms with E-state index in [2.05, 4.69) is 16.3 Å². The van der Waals surface area contributed by atoms with Gasteiger partial charge < -0.3 is 0 Å². The van der Waals surface area contributed by atoms with Gasteiger partial charge in [-0.25, -0.2) is 0 Å². The highest BCUT2D eigenvalue weighted by molar-refractivity contribution is 4.95. The summed E-state index contributed by atoms with van der Waals surface area (Å²) in [5.41, 5.74) is 0. The van der Waals surface area contributed by atoms with E-state index in [1.54, 1.807) is 17.2 Å². The van der Waals surface area contributed by atoms with Gasteiger partial charge in [-0.3, -0.25) is 0 Å². The Bertz CT molecular complexity index is 265. The fourth-order valence-electron chi connectivity index (χ4n) is 1.30. The first-order chi connectivity index (χ1) is 5.40. The molecule has 1 heterocycles. The van der Waals surface area contributed by atoms with Crippen molar-refractivity contribution in [2.75, 3.05) is 0 Å². The van der Waals surface area contributed by atoms with Crippen molar-refractivity contribution in [2.45, 2.75) is 18.9 Å². The third-order valence-electron chi connectivity index (χ3n) is 2.06. The van der Waals surface area contributed by atoms with E-state index in [9.17, 15) is 0 Å². The number of rotatable bonds is 1. The van der Waals surface area contributed by atoms with Crippen molar-refractivity contribution in [1.82, 2.24) is 15.0 Å². The summed E-state index contributed by atoms with van der Waals surface area (Å²) in [5.74, 6) is 0.228. The van der Waals surface area contributed by atoms with E-state index in [1.807, 2.05) is 0 Å². The van der Waals surface area contributed by atoms with Crippen molar-refractivity contribution in [3.63, 3.8) is 0 Å². The molecular weight excluding hydrogens is 140 g/mol. The number of nitriles is 1. The average Bonchev–Trinajstić information content (AvgIpc) is 2.37. The van der Waals surface area contributed by atoms with Gasteiger partial charge >= 0.3 is 0 Å². The van der Waals surface area contributed by atoms with E-state index in [0.717, 1.165) is 12.8 Å². The molecule has 0 spiro atoms. The maximum Gasteiger partial charge on any atom is 0.0741 e. The SMILES string of the molecule is N#C[C@H]1C[C@@H](n2nccn2)C1. The van der Waals surface area contributed by atoms with Crippen molar-refractivity contribution in [1.29, 1.82) is 5.26 Å². The van der Waals surface area contributed by atoms with Crippen LogP contribution in [0, 0.1) is 17.2 Å². The van der Waals surface area contributed by atoms with Gasteiger partial charge in [0.05, 0.1) is 30.4 Å². The molecule has 0 amide bonds. The van der Waals surface area contributed by atoms with Crippen LogP contribution in [0.25, 0.3) is 0 Å². The lowest BCUT2D eigenvalue weighted by Crippen LogP contribution is -2.27. The molecule has 1 aliphatic carbocycles. The molecule has 1 fully saturated rings. The van der Waals surface area contributed by atoms with Crippen molar-refractivity contribution in [3.05, 3.63) is 12.4 Å². The predicted molar refractivity (Wildman–Crippen MR) is 37.4 cm³/mol. The molecule has 2 rings (SSSR count). The number of nitrogens with zero attached hydrogens (tertiary/aromatic N) is 4. The first kappa shape index (κ1) is 6.35. The van der Waals surface area contributed by atoms with Crippen LogP contribution in [-0.4, -0.2) is 15.0 Å². The van der Waals surface area contributed by atoms with E-state index in [4.69, 9.17) is 5.26 Å². The van der Waals surface area contributed by atoms with Crippen molar-refractivity contribution in [3.8, 4) is 6.07 Å². The number of aromatic nitrogens is 3. The highest BCUT2D eigenvalue weighted by Gasteiger charge is 2.31. The second kappa shape index (κ2) is 2.35. The van der Waals surface area contributed by atoms with Crippen LogP contribution in [0.1, 0.15) is 18.9 Å². The van der Waals surface area contributed by atoms with Gasteiger partial charge in [-0.2, -0.15) is 20.3 Å². The summed E-state index contributed by atoms with van der Waals surface area (Å²) in [7, 11) is 0. The maximum absolute atomic E-state index is 8.50. The Morgan fingerprint density at radius 1 is 1.36 bits per heavy atom. The second-order valence-electron chi connectivity index (χ2n) is 2.80. The van der Waals surface area contributed by atoms with Gasteiger partial charge in [0.2, 0.25) is 0 Å². The summed E-state index contributed by atoms with van der Waals surface area (Å²) < 4.78 is 0. The monoisotopic (exact) mass is 148 g/mol. The fourth-order valence-corrected chi connectivity index (χ4v) is 1.30. The normalized spacial score (nSPS) is 29.0. The molecule has 0 atom stereocenters. The minimum Gasteiger partial charge on any atom is -0.198 e.